The molecule has 2 aromatic rings. The molecule has 3 rings (SSSR count). The first-order valence-corrected chi connectivity index (χ1v) is 8.63. The highest BCUT2D eigenvalue weighted by atomic mass is 79.9. The van der Waals surface area contributed by atoms with E-state index in [4.69, 9.17) is 0 Å². The molecule has 112 valence electrons. The van der Waals surface area contributed by atoms with Gasteiger partial charge in [-0.1, -0.05) is 28.1 Å². The van der Waals surface area contributed by atoms with Crippen LogP contribution < -0.4 is 10.6 Å². The second-order valence-corrected chi connectivity index (χ2v) is 7.29. The maximum absolute atomic E-state index is 9.75. The summed E-state index contributed by atoms with van der Waals surface area (Å²) in [6.45, 7) is 3.23. The fraction of sp³-hybridized carbons (Fsp3) is 0.400. The first kappa shape index (κ1) is 15.1. The Bertz CT molecular complexity index is 587. The Hall–Kier alpha value is -0.790. The van der Waals surface area contributed by atoms with E-state index in [-0.39, 0.29) is 6.10 Å². The summed E-state index contributed by atoms with van der Waals surface area (Å²) >= 11 is 5.15. The Labute approximate surface area is 136 Å². The molecule has 1 aromatic heterocycles. The van der Waals surface area contributed by atoms with Crippen LogP contribution in [0.15, 0.2) is 34.9 Å². The van der Waals surface area contributed by atoms with Gasteiger partial charge < -0.3 is 15.7 Å². The van der Waals surface area contributed by atoms with Gasteiger partial charge in [0, 0.05) is 53.2 Å². The zero-order chi connectivity index (χ0) is 14.7. The van der Waals surface area contributed by atoms with Crippen molar-refractivity contribution < 1.29 is 5.11 Å². The van der Waals surface area contributed by atoms with Crippen LogP contribution in [0.1, 0.15) is 4.88 Å². The molecule has 1 aliphatic heterocycles. The lowest BCUT2D eigenvalue weighted by molar-refractivity contribution is 0.146. The van der Waals surface area contributed by atoms with Gasteiger partial charge in [0.1, 0.15) is 5.01 Å². The largest absolute Gasteiger partial charge is 0.391 e. The highest BCUT2D eigenvalue weighted by Gasteiger charge is 2.24. The number of thiazole rings is 1. The summed E-state index contributed by atoms with van der Waals surface area (Å²) in [4.78, 5) is 5.70. The van der Waals surface area contributed by atoms with Crippen molar-refractivity contribution in [2.24, 2.45) is 5.92 Å². The van der Waals surface area contributed by atoms with E-state index in [0.29, 0.717) is 12.5 Å². The molecule has 0 spiro atoms. The molecular weight excluding hydrogens is 350 g/mol. The third-order valence-electron chi connectivity index (χ3n) is 3.65. The summed E-state index contributed by atoms with van der Waals surface area (Å²) in [6.07, 6.45) is 1.70. The maximum atomic E-state index is 9.75. The molecule has 2 heterocycles. The van der Waals surface area contributed by atoms with Crippen LogP contribution in [0.3, 0.4) is 0 Å². The normalized spacial score (nSPS) is 21.8. The van der Waals surface area contributed by atoms with Crippen molar-refractivity contribution in [2.75, 3.05) is 19.6 Å². The lowest BCUT2D eigenvalue weighted by atomic mass is 10.1. The molecule has 1 fully saturated rings. The molecule has 4 nitrogen and oxygen atoms in total. The molecule has 6 heteroatoms. The van der Waals surface area contributed by atoms with E-state index >= 15 is 0 Å². The summed E-state index contributed by atoms with van der Waals surface area (Å²) in [5.41, 5.74) is 1.14. The molecule has 0 amide bonds. The van der Waals surface area contributed by atoms with Crippen LogP contribution in [0.5, 0.6) is 0 Å². The van der Waals surface area contributed by atoms with Gasteiger partial charge in [0.05, 0.1) is 6.10 Å². The van der Waals surface area contributed by atoms with Gasteiger partial charge in [0.15, 0.2) is 0 Å². The summed E-state index contributed by atoms with van der Waals surface area (Å²) in [7, 11) is 0. The van der Waals surface area contributed by atoms with Gasteiger partial charge in [-0.15, -0.1) is 11.3 Å². The van der Waals surface area contributed by atoms with Crippen molar-refractivity contribution in [2.45, 2.75) is 12.6 Å². The molecule has 0 bridgehead atoms. The van der Waals surface area contributed by atoms with Crippen LogP contribution in [-0.2, 0) is 6.54 Å². The van der Waals surface area contributed by atoms with Crippen molar-refractivity contribution in [1.29, 1.82) is 0 Å². The Balaban J connectivity index is 1.54. The molecule has 2 unspecified atom stereocenters. The van der Waals surface area contributed by atoms with Crippen molar-refractivity contribution in [3.8, 4) is 10.6 Å². The Morgan fingerprint density at radius 1 is 1.33 bits per heavy atom. The lowest BCUT2D eigenvalue weighted by Gasteiger charge is -2.13. The highest BCUT2D eigenvalue weighted by molar-refractivity contribution is 9.10. The Morgan fingerprint density at radius 2 is 2.14 bits per heavy atom. The summed E-state index contributed by atoms with van der Waals surface area (Å²) in [5, 5.41) is 17.4. The number of aliphatic hydroxyl groups excluding tert-OH is 1. The van der Waals surface area contributed by atoms with Gasteiger partial charge in [-0.3, -0.25) is 0 Å². The standard InChI is InChI=1S/C15H18BrN3OS/c16-12-3-1-10(2-4-12)15-19-8-13(21-15)7-17-5-11-6-18-9-14(11)20/h1-4,8,11,14,17-18,20H,5-7,9H2. The fourth-order valence-corrected chi connectivity index (χ4v) is 3.58. The number of rotatable bonds is 5. The number of hydrogen-bond donors (Lipinski definition) is 3. The van der Waals surface area contributed by atoms with Crippen LogP contribution in [0.2, 0.25) is 0 Å². The molecule has 0 saturated carbocycles. The van der Waals surface area contributed by atoms with E-state index in [1.165, 1.54) is 4.88 Å². The van der Waals surface area contributed by atoms with Crippen molar-refractivity contribution in [3.63, 3.8) is 0 Å². The topological polar surface area (TPSA) is 57.2 Å². The van der Waals surface area contributed by atoms with Crippen molar-refractivity contribution >= 4 is 27.3 Å². The van der Waals surface area contributed by atoms with E-state index in [1.807, 2.05) is 18.3 Å². The molecule has 0 radical (unpaired) electrons. The first-order valence-electron chi connectivity index (χ1n) is 7.02. The molecule has 21 heavy (non-hydrogen) atoms. The number of β-amino-alcohol motifs (C(OH)–C–C–N with tert-alkyl or cyclic N) is 1. The summed E-state index contributed by atoms with van der Waals surface area (Å²) < 4.78 is 1.08. The highest BCUT2D eigenvalue weighted by Crippen LogP contribution is 2.26. The van der Waals surface area contributed by atoms with Crippen LogP contribution in [0.4, 0.5) is 0 Å². The van der Waals surface area contributed by atoms with Crippen molar-refractivity contribution in [3.05, 3.63) is 39.8 Å². The van der Waals surface area contributed by atoms with E-state index in [1.54, 1.807) is 11.3 Å². The number of nitrogens with one attached hydrogen (secondary N) is 2. The number of aliphatic hydroxyl groups is 1. The quantitative estimate of drug-likeness (QED) is 0.758. The Morgan fingerprint density at radius 3 is 2.86 bits per heavy atom. The van der Waals surface area contributed by atoms with Gasteiger partial charge in [-0.05, 0) is 12.1 Å². The minimum Gasteiger partial charge on any atom is -0.391 e. The SMILES string of the molecule is OC1CNCC1CNCc1cnc(-c2ccc(Br)cc2)s1. The number of hydrogen-bond acceptors (Lipinski definition) is 5. The second kappa shape index (κ2) is 6.98. The minimum atomic E-state index is -0.225. The monoisotopic (exact) mass is 367 g/mol. The van der Waals surface area contributed by atoms with E-state index < -0.39 is 0 Å². The third kappa shape index (κ3) is 3.90. The number of aromatic nitrogens is 1. The van der Waals surface area contributed by atoms with Gasteiger partial charge >= 0.3 is 0 Å². The number of nitrogens with zero attached hydrogens (tertiary/aromatic N) is 1. The summed E-state index contributed by atoms with van der Waals surface area (Å²) in [6, 6.07) is 8.20. The zero-order valence-electron chi connectivity index (χ0n) is 11.6. The van der Waals surface area contributed by atoms with Gasteiger partial charge in [-0.2, -0.15) is 0 Å². The van der Waals surface area contributed by atoms with Crippen molar-refractivity contribution in [1.82, 2.24) is 15.6 Å². The van der Waals surface area contributed by atoms with Crippen LogP contribution in [0.25, 0.3) is 10.6 Å². The molecule has 1 aromatic carbocycles. The Kier molecular flexibility index (Phi) is 5.03. The van der Waals surface area contributed by atoms with Crippen LogP contribution in [-0.4, -0.2) is 35.8 Å². The second-order valence-electron chi connectivity index (χ2n) is 5.26. The molecule has 1 saturated heterocycles. The number of benzene rings is 1. The van der Waals surface area contributed by atoms with E-state index in [0.717, 1.165) is 34.7 Å². The first-order chi connectivity index (χ1) is 10.2. The zero-order valence-corrected chi connectivity index (χ0v) is 14.0. The molecular formula is C15H18BrN3OS. The minimum absolute atomic E-state index is 0.225. The predicted molar refractivity (Wildman–Crippen MR) is 89.3 cm³/mol. The molecule has 2 atom stereocenters. The molecule has 3 N–H and O–H groups in total. The lowest BCUT2D eigenvalue weighted by Crippen LogP contribution is -2.29. The smallest absolute Gasteiger partial charge is 0.123 e. The third-order valence-corrected chi connectivity index (χ3v) is 5.23. The number of halogens is 1. The predicted octanol–water partition coefficient (Wildman–Crippen LogP) is 2.24. The van der Waals surface area contributed by atoms with E-state index in [9.17, 15) is 5.11 Å². The van der Waals surface area contributed by atoms with Crippen LogP contribution in [0, 0.1) is 5.92 Å². The van der Waals surface area contributed by atoms with Gasteiger partial charge in [-0.25, -0.2) is 4.98 Å². The average molecular weight is 368 g/mol. The fourth-order valence-electron chi connectivity index (χ4n) is 2.42. The average Bonchev–Trinajstić information content (AvgIpc) is 3.10. The molecule has 0 aliphatic carbocycles. The van der Waals surface area contributed by atoms with Crippen LogP contribution >= 0.6 is 27.3 Å². The van der Waals surface area contributed by atoms with Gasteiger partial charge in [0.2, 0.25) is 0 Å². The van der Waals surface area contributed by atoms with E-state index in [2.05, 4.69) is 43.7 Å². The maximum Gasteiger partial charge on any atom is 0.123 e. The molecule has 1 aliphatic rings. The summed E-state index contributed by atoms with van der Waals surface area (Å²) in [5.74, 6) is 0.309. The van der Waals surface area contributed by atoms with Gasteiger partial charge in [0.25, 0.3) is 0 Å².